The third kappa shape index (κ3) is 2.01. The number of aromatic nitrogens is 3. The van der Waals surface area contributed by atoms with Crippen LogP contribution in [-0.4, -0.2) is 15.2 Å². The summed E-state index contributed by atoms with van der Waals surface area (Å²) in [7, 11) is 0. The second-order valence-corrected chi connectivity index (χ2v) is 3.80. The molecule has 0 atom stereocenters. The van der Waals surface area contributed by atoms with Gasteiger partial charge in [0.25, 0.3) is 0 Å². The van der Waals surface area contributed by atoms with E-state index in [9.17, 15) is 8.78 Å². The lowest BCUT2D eigenvalue weighted by molar-refractivity contribution is 0.574. The molecule has 2 aromatic rings. The predicted molar refractivity (Wildman–Crippen MR) is 51.6 cm³/mol. The van der Waals surface area contributed by atoms with Gasteiger partial charge in [0.2, 0.25) is 0 Å². The van der Waals surface area contributed by atoms with Crippen molar-refractivity contribution in [2.45, 2.75) is 10.1 Å². The van der Waals surface area contributed by atoms with Gasteiger partial charge in [0.15, 0.2) is 5.16 Å². The number of hydrogen-bond acceptors (Lipinski definition) is 4. The Labute approximate surface area is 93.3 Å². The monoisotopic (exact) mass is 238 g/mol. The molecular weight excluding hydrogens is 234 g/mol. The lowest BCUT2D eigenvalue weighted by Crippen LogP contribution is -1.90. The summed E-state index contributed by atoms with van der Waals surface area (Å²) in [4.78, 5) is 3.82. The topological polar surface area (TPSA) is 65.4 Å². The lowest BCUT2D eigenvalue weighted by atomic mass is 10.2. The molecule has 0 unspecified atom stereocenters. The third-order valence-corrected chi connectivity index (χ3v) is 2.66. The van der Waals surface area contributed by atoms with Crippen LogP contribution in [0.2, 0.25) is 0 Å². The quantitative estimate of drug-likeness (QED) is 0.870. The largest absolute Gasteiger partial charge is 0.254 e. The van der Waals surface area contributed by atoms with Crippen molar-refractivity contribution in [2.24, 2.45) is 0 Å². The van der Waals surface area contributed by atoms with Gasteiger partial charge in [-0.15, -0.1) is 0 Å². The van der Waals surface area contributed by atoms with Crippen molar-refractivity contribution in [3.63, 3.8) is 0 Å². The van der Waals surface area contributed by atoms with Crippen molar-refractivity contribution in [1.29, 1.82) is 5.26 Å². The molecule has 0 aliphatic carbocycles. The molecule has 1 aromatic heterocycles. The maximum absolute atomic E-state index is 13.4. The van der Waals surface area contributed by atoms with Crippen LogP contribution in [0.3, 0.4) is 0 Å². The Bertz CT molecular complexity index is 547. The molecule has 80 valence electrons. The molecule has 0 amide bonds. The predicted octanol–water partition coefficient (Wildman–Crippen LogP) is 2.11. The van der Waals surface area contributed by atoms with E-state index in [4.69, 9.17) is 5.26 Å². The highest BCUT2D eigenvalue weighted by atomic mass is 32.2. The summed E-state index contributed by atoms with van der Waals surface area (Å²) in [6.07, 6.45) is 1.26. The summed E-state index contributed by atoms with van der Waals surface area (Å²) >= 11 is 0.901. The van der Waals surface area contributed by atoms with E-state index in [1.165, 1.54) is 6.33 Å². The Morgan fingerprint density at radius 2 is 2.12 bits per heavy atom. The van der Waals surface area contributed by atoms with Crippen LogP contribution in [0.5, 0.6) is 0 Å². The van der Waals surface area contributed by atoms with Crippen LogP contribution in [0.4, 0.5) is 8.78 Å². The van der Waals surface area contributed by atoms with E-state index in [0.29, 0.717) is 5.16 Å². The number of hydrogen-bond donors (Lipinski definition) is 1. The number of nitrogens with zero attached hydrogens (tertiary/aromatic N) is 3. The second-order valence-electron chi connectivity index (χ2n) is 2.77. The first kappa shape index (κ1) is 10.6. The van der Waals surface area contributed by atoms with Gasteiger partial charge in [-0.25, -0.2) is 13.8 Å². The zero-order chi connectivity index (χ0) is 11.5. The summed E-state index contributed by atoms with van der Waals surface area (Å²) in [5, 5.41) is 14.9. The molecule has 2 rings (SSSR count). The van der Waals surface area contributed by atoms with E-state index in [2.05, 4.69) is 15.2 Å². The molecule has 0 spiro atoms. The molecule has 4 nitrogen and oxygen atoms in total. The first-order valence-electron chi connectivity index (χ1n) is 4.13. The Morgan fingerprint density at radius 3 is 2.75 bits per heavy atom. The van der Waals surface area contributed by atoms with Crippen molar-refractivity contribution >= 4 is 11.8 Å². The van der Waals surface area contributed by atoms with Crippen LogP contribution in [0.25, 0.3) is 0 Å². The molecule has 1 aromatic carbocycles. The zero-order valence-corrected chi connectivity index (χ0v) is 8.55. The summed E-state index contributed by atoms with van der Waals surface area (Å²) in [5.74, 6) is -1.43. The van der Waals surface area contributed by atoms with Crippen LogP contribution >= 0.6 is 11.8 Å². The van der Waals surface area contributed by atoms with Gasteiger partial charge in [0, 0.05) is 0 Å². The maximum atomic E-state index is 13.4. The van der Waals surface area contributed by atoms with Gasteiger partial charge in [0.05, 0.1) is 10.5 Å². The molecule has 0 aliphatic rings. The van der Waals surface area contributed by atoms with Gasteiger partial charge >= 0.3 is 0 Å². The minimum absolute atomic E-state index is 0.0493. The number of H-pyrrole nitrogens is 1. The van der Waals surface area contributed by atoms with E-state index >= 15 is 0 Å². The fourth-order valence-corrected chi connectivity index (χ4v) is 1.77. The van der Waals surface area contributed by atoms with Crippen LogP contribution in [0, 0.1) is 23.0 Å². The average molecular weight is 238 g/mol. The van der Waals surface area contributed by atoms with Crippen molar-refractivity contribution in [2.75, 3.05) is 0 Å². The highest BCUT2D eigenvalue weighted by Crippen LogP contribution is 2.28. The molecular formula is C9H4F2N4S. The number of nitrogens with one attached hydrogen (secondary N) is 1. The van der Waals surface area contributed by atoms with Gasteiger partial charge < -0.3 is 0 Å². The van der Waals surface area contributed by atoms with Gasteiger partial charge in [-0.3, -0.25) is 5.10 Å². The lowest BCUT2D eigenvalue weighted by Gasteiger charge is -2.01. The Hall–Kier alpha value is -1.94. The van der Waals surface area contributed by atoms with E-state index in [0.717, 1.165) is 23.9 Å². The highest BCUT2D eigenvalue weighted by Gasteiger charge is 2.11. The Morgan fingerprint density at radius 1 is 1.31 bits per heavy atom. The van der Waals surface area contributed by atoms with Gasteiger partial charge in [-0.1, -0.05) is 0 Å². The number of rotatable bonds is 2. The first-order chi connectivity index (χ1) is 7.70. The van der Waals surface area contributed by atoms with Crippen molar-refractivity contribution in [3.8, 4) is 6.07 Å². The smallest absolute Gasteiger partial charge is 0.188 e. The Kier molecular flexibility index (Phi) is 2.83. The van der Waals surface area contributed by atoms with Crippen molar-refractivity contribution in [3.05, 3.63) is 35.7 Å². The Balaban J connectivity index is 2.36. The average Bonchev–Trinajstić information content (AvgIpc) is 2.75. The van der Waals surface area contributed by atoms with Crippen LogP contribution < -0.4 is 0 Å². The number of aromatic amines is 1. The minimum Gasteiger partial charge on any atom is -0.254 e. The van der Waals surface area contributed by atoms with Crippen molar-refractivity contribution < 1.29 is 8.78 Å². The van der Waals surface area contributed by atoms with E-state index < -0.39 is 11.6 Å². The molecule has 0 radical (unpaired) electrons. The van der Waals surface area contributed by atoms with Gasteiger partial charge in [-0.05, 0) is 23.9 Å². The zero-order valence-electron chi connectivity index (χ0n) is 7.74. The SMILES string of the molecule is N#Cc1cc(F)c(Sc2ncn[nH]2)cc1F. The van der Waals surface area contributed by atoms with E-state index in [1.807, 2.05) is 0 Å². The maximum Gasteiger partial charge on any atom is 0.188 e. The molecule has 0 bridgehead atoms. The van der Waals surface area contributed by atoms with Crippen LogP contribution in [0.1, 0.15) is 5.56 Å². The van der Waals surface area contributed by atoms with E-state index in [-0.39, 0.29) is 10.5 Å². The molecule has 7 heteroatoms. The van der Waals surface area contributed by atoms with Crippen LogP contribution in [0.15, 0.2) is 28.5 Å². The summed E-state index contributed by atoms with van der Waals surface area (Å²) in [5.41, 5.74) is -0.320. The first-order valence-corrected chi connectivity index (χ1v) is 4.94. The normalized spacial score (nSPS) is 10.1. The highest BCUT2D eigenvalue weighted by molar-refractivity contribution is 7.99. The number of halogens is 2. The van der Waals surface area contributed by atoms with E-state index in [1.54, 1.807) is 6.07 Å². The summed E-state index contributed by atoms with van der Waals surface area (Å²) < 4.78 is 26.6. The molecule has 16 heavy (non-hydrogen) atoms. The molecule has 1 N–H and O–H groups in total. The molecule has 0 saturated heterocycles. The summed E-state index contributed by atoms with van der Waals surface area (Å²) in [6.45, 7) is 0. The molecule has 1 heterocycles. The minimum atomic E-state index is -0.758. The fourth-order valence-electron chi connectivity index (χ4n) is 1.04. The molecule has 0 fully saturated rings. The molecule has 0 saturated carbocycles. The summed E-state index contributed by atoms with van der Waals surface area (Å²) in [6, 6.07) is 3.38. The standard InChI is InChI=1S/C9H4F2N4S/c10-6-2-8(7(11)1-5(6)3-12)16-9-13-4-14-15-9/h1-2,4H,(H,13,14,15). The van der Waals surface area contributed by atoms with Gasteiger partial charge in [0.1, 0.15) is 24.0 Å². The fraction of sp³-hybridized carbons (Fsp3) is 0. The van der Waals surface area contributed by atoms with Crippen molar-refractivity contribution in [1.82, 2.24) is 15.2 Å². The number of nitriles is 1. The number of benzene rings is 1. The third-order valence-electron chi connectivity index (χ3n) is 1.74. The second kappa shape index (κ2) is 4.28. The molecule has 0 aliphatic heterocycles. The van der Waals surface area contributed by atoms with Crippen LogP contribution in [-0.2, 0) is 0 Å². The van der Waals surface area contributed by atoms with Gasteiger partial charge in [-0.2, -0.15) is 10.4 Å².